The predicted octanol–water partition coefficient (Wildman–Crippen LogP) is 8.52. The Kier molecular flexibility index (Phi) is 7.49. The summed E-state index contributed by atoms with van der Waals surface area (Å²) in [5.41, 5.74) is 4.62. The average molecular weight is 568 g/mol. The number of hydrogen-bond acceptors (Lipinski definition) is 5. The third kappa shape index (κ3) is 5.05. The number of carbonyl (C=O) groups is 2. The van der Waals surface area contributed by atoms with Crippen LogP contribution < -0.4 is 5.32 Å². The van der Waals surface area contributed by atoms with E-state index in [1.807, 2.05) is 51.1 Å². The van der Waals surface area contributed by atoms with Crippen LogP contribution in [0.4, 0.5) is 5.00 Å². The molecule has 0 bridgehead atoms. The molecule has 0 radical (unpaired) electrons. The number of fused-ring (bicyclic) bond motifs is 2. The lowest BCUT2D eigenvalue weighted by molar-refractivity contribution is 0.0378. The third-order valence-electron chi connectivity index (χ3n) is 6.83. The molecule has 8 heteroatoms. The van der Waals surface area contributed by atoms with E-state index < -0.39 is 5.97 Å². The highest BCUT2D eigenvalue weighted by Crippen LogP contribution is 2.41. The maximum atomic E-state index is 14.0. The molecule has 0 spiro atoms. The van der Waals surface area contributed by atoms with Gasteiger partial charge in [0.2, 0.25) is 0 Å². The summed E-state index contributed by atoms with van der Waals surface area (Å²) in [7, 11) is 0. The standard InChI is InChI=1S/C30H28Cl2N2O3S/c1-15(2)37-30(36)26-21-11-9-16(3)13-24(21)38-29(26)34-28(35)25-17(4)27(19-12-10-18(31)14-22(19)32)33-23-8-6-5-7-20(23)25/h5-8,10,12,14-16H,9,11,13H2,1-4H3,(H,34,35). The van der Waals surface area contributed by atoms with Crippen LogP contribution in [0, 0.1) is 12.8 Å². The minimum Gasteiger partial charge on any atom is -0.459 e. The zero-order valence-corrected chi connectivity index (χ0v) is 24.0. The molecule has 38 heavy (non-hydrogen) atoms. The molecule has 1 aliphatic rings. The number of halogens is 2. The second kappa shape index (κ2) is 10.7. The minimum absolute atomic E-state index is 0.262. The minimum atomic E-state index is -0.396. The number of thiophene rings is 1. The fraction of sp³-hybridized carbons (Fsp3) is 0.300. The largest absolute Gasteiger partial charge is 0.459 e. The Morgan fingerprint density at radius 3 is 2.63 bits per heavy atom. The summed E-state index contributed by atoms with van der Waals surface area (Å²) in [4.78, 5) is 33.2. The fourth-order valence-corrected chi connectivity index (χ4v) is 6.93. The van der Waals surface area contributed by atoms with Crippen molar-refractivity contribution in [2.45, 2.75) is 53.1 Å². The van der Waals surface area contributed by atoms with Crippen LogP contribution in [-0.2, 0) is 17.6 Å². The number of benzene rings is 2. The third-order valence-corrected chi connectivity index (χ3v) is 8.55. The first-order valence-corrected chi connectivity index (χ1v) is 14.2. The summed E-state index contributed by atoms with van der Waals surface area (Å²) < 4.78 is 5.59. The van der Waals surface area contributed by atoms with Crippen molar-refractivity contribution in [1.82, 2.24) is 4.98 Å². The number of para-hydroxylation sites is 1. The maximum Gasteiger partial charge on any atom is 0.341 e. The predicted molar refractivity (Wildman–Crippen MR) is 156 cm³/mol. The molecular weight excluding hydrogens is 539 g/mol. The number of pyridine rings is 1. The summed E-state index contributed by atoms with van der Waals surface area (Å²) in [6.07, 6.45) is 2.41. The zero-order valence-electron chi connectivity index (χ0n) is 21.7. The van der Waals surface area contributed by atoms with Gasteiger partial charge in [-0.15, -0.1) is 11.3 Å². The van der Waals surface area contributed by atoms with Gasteiger partial charge in [0, 0.05) is 20.8 Å². The first kappa shape index (κ1) is 26.7. The van der Waals surface area contributed by atoms with Crippen LogP contribution in [-0.4, -0.2) is 23.0 Å². The lowest BCUT2D eigenvalue weighted by Crippen LogP contribution is -2.19. The number of carbonyl (C=O) groups excluding carboxylic acids is 2. The van der Waals surface area contributed by atoms with Crippen molar-refractivity contribution in [3.8, 4) is 11.3 Å². The number of rotatable bonds is 5. The van der Waals surface area contributed by atoms with Crippen molar-refractivity contribution in [2.24, 2.45) is 5.92 Å². The van der Waals surface area contributed by atoms with Gasteiger partial charge in [0.1, 0.15) is 5.00 Å². The van der Waals surface area contributed by atoms with E-state index in [9.17, 15) is 9.59 Å². The van der Waals surface area contributed by atoms with Gasteiger partial charge in [-0.1, -0.05) is 48.3 Å². The molecule has 0 saturated carbocycles. The quantitative estimate of drug-likeness (QED) is 0.246. The Hall–Kier alpha value is -2.93. The van der Waals surface area contributed by atoms with E-state index in [1.54, 1.807) is 12.1 Å². The number of nitrogens with zero attached hydrogens (tertiary/aromatic N) is 1. The van der Waals surface area contributed by atoms with E-state index >= 15 is 0 Å². The molecule has 2 aromatic heterocycles. The number of anilines is 1. The van der Waals surface area contributed by atoms with Crippen LogP contribution >= 0.6 is 34.5 Å². The first-order chi connectivity index (χ1) is 18.1. The monoisotopic (exact) mass is 566 g/mol. The van der Waals surface area contributed by atoms with E-state index in [0.29, 0.717) is 54.4 Å². The van der Waals surface area contributed by atoms with E-state index in [4.69, 9.17) is 32.9 Å². The summed E-state index contributed by atoms with van der Waals surface area (Å²) in [6, 6.07) is 12.7. The molecule has 2 aromatic carbocycles. The molecule has 1 amide bonds. The Morgan fingerprint density at radius 1 is 1.13 bits per heavy atom. The molecule has 1 unspecified atom stereocenters. The molecule has 196 valence electrons. The van der Waals surface area contributed by atoms with E-state index in [1.165, 1.54) is 11.3 Å². The Balaban J connectivity index is 1.63. The van der Waals surface area contributed by atoms with Crippen LogP contribution in [0.2, 0.25) is 10.0 Å². The molecule has 1 atom stereocenters. The van der Waals surface area contributed by atoms with Gasteiger partial charge in [0.15, 0.2) is 0 Å². The molecule has 5 nitrogen and oxygen atoms in total. The van der Waals surface area contributed by atoms with Crippen LogP contribution in [0.3, 0.4) is 0 Å². The van der Waals surface area contributed by atoms with Crippen LogP contribution in [0.5, 0.6) is 0 Å². The highest BCUT2D eigenvalue weighted by molar-refractivity contribution is 7.17. The molecule has 1 aliphatic carbocycles. The fourth-order valence-electron chi connectivity index (χ4n) is 5.04. The van der Waals surface area contributed by atoms with Crippen molar-refractivity contribution in [3.05, 3.63) is 79.6 Å². The van der Waals surface area contributed by atoms with Gasteiger partial charge in [-0.05, 0) is 81.3 Å². The summed E-state index contributed by atoms with van der Waals surface area (Å²) in [6.45, 7) is 7.73. The van der Waals surface area contributed by atoms with E-state index in [0.717, 1.165) is 35.1 Å². The van der Waals surface area contributed by atoms with Gasteiger partial charge < -0.3 is 10.1 Å². The van der Waals surface area contributed by atoms with Crippen LogP contribution in [0.25, 0.3) is 22.2 Å². The number of amides is 1. The number of hydrogen-bond donors (Lipinski definition) is 1. The zero-order chi connectivity index (χ0) is 27.1. The summed E-state index contributed by atoms with van der Waals surface area (Å²) in [5.74, 6) is -0.179. The second-order valence-corrected chi connectivity index (χ2v) is 12.0. The molecule has 2 heterocycles. The maximum absolute atomic E-state index is 14.0. The Labute approximate surface area is 236 Å². The summed E-state index contributed by atoms with van der Waals surface area (Å²) in [5, 5.41) is 5.31. The summed E-state index contributed by atoms with van der Waals surface area (Å²) >= 11 is 14.1. The molecule has 0 fully saturated rings. The normalized spacial score (nSPS) is 15.0. The van der Waals surface area contributed by atoms with Crippen molar-refractivity contribution in [2.75, 3.05) is 5.32 Å². The topological polar surface area (TPSA) is 68.3 Å². The van der Waals surface area contributed by atoms with Crippen molar-refractivity contribution in [3.63, 3.8) is 0 Å². The second-order valence-electron chi connectivity index (χ2n) is 10.1. The van der Waals surface area contributed by atoms with Gasteiger partial charge in [0.05, 0.1) is 33.5 Å². The van der Waals surface area contributed by atoms with Gasteiger partial charge in [-0.3, -0.25) is 4.79 Å². The Morgan fingerprint density at radius 2 is 1.89 bits per heavy atom. The first-order valence-electron chi connectivity index (χ1n) is 12.7. The van der Waals surface area contributed by atoms with Gasteiger partial charge in [-0.25, -0.2) is 9.78 Å². The van der Waals surface area contributed by atoms with Crippen LogP contribution in [0.1, 0.15) is 63.9 Å². The van der Waals surface area contributed by atoms with Crippen LogP contribution in [0.15, 0.2) is 42.5 Å². The van der Waals surface area contributed by atoms with Gasteiger partial charge in [-0.2, -0.15) is 0 Å². The molecule has 0 saturated heterocycles. The molecule has 4 aromatic rings. The molecular formula is C30H28Cl2N2O3S. The highest BCUT2D eigenvalue weighted by Gasteiger charge is 2.30. The number of ether oxygens (including phenoxy) is 1. The highest BCUT2D eigenvalue weighted by atomic mass is 35.5. The SMILES string of the molecule is Cc1c(-c2ccc(Cl)cc2Cl)nc2ccccc2c1C(=O)Nc1sc2c(c1C(=O)OC(C)C)CCC(C)C2. The lowest BCUT2D eigenvalue weighted by atomic mass is 9.88. The average Bonchev–Trinajstić information content (AvgIpc) is 3.20. The smallest absolute Gasteiger partial charge is 0.341 e. The number of esters is 1. The molecule has 5 rings (SSSR count). The van der Waals surface area contributed by atoms with Crippen molar-refractivity contribution < 1.29 is 14.3 Å². The number of nitrogens with one attached hydrogen (secondary N) is 1. The van der Waals surface area contributed by atoms with Crippen molar-refractivity contribution in [1.29, 1.82) is 0 Å². The lowest BCUT2D eigenvalue weighted by Gasteiger charge is -2.19. The number of aromatic nitrogens is 1. The van der Waals surface area contributed by atoms with Gasteiger partial charge in [0.25, 0.3) is 5.91 Å². The Bertz CT molecular complexity index is 1580. The molecule has 0 aliphatic heterocycles. The van der Waals surface area contributed by atoms with E-state index in [2.05, 4.69) is 12.2 Å². The van der Waals surface area contributed by atoms with Crippen molar-refractivity contribution >= 4 is 62.3 Å². The van der Waals surface area contributed by atoms with Gasteiger partial charge >= 0.3 is 5.97 Å². The molecule has 1 N–H and O–H groups in total. The van der Waals surface area contributed by atoms with E-state index in [-0.39, 0.29) is 12.0 Å².